The van der Waals surface area contributed by atoms with Gasteiger partial charge in [0.1, 0.15) is 5.75 Å². The fraction of sp³-hybridized carbons (Fsp3) is 0.571. The van der Waals surface area contributed by atoms with Crippen molar-refractivity contribution in [1.82, 2.24) is 0 Å². The molecule has 0 aliphatic carbocycles. The highest BCUT2D eigenvalue weighted by atomic mass is 16.7. The maximum absolute atomic E-state index is 5.94. The van der Waals surface area contributed by atoms with Gasteiger partial charge >= 0.3 is 0 Å². The van der Waals surface area contributed by atoms with Crippen LogP contribution < -0.4 is 4.74 Å². The topological polar surface area (TPSA) is 27.7 Å². The van der Waals surface area contributed by atoms with Crippen LogP contribution in [-0.4, -0.2) is 18.8 Å². The summed E-state index contributed by atoms with van der Waals surface area (Å²) in [6.07, 6.45) is 0.852. The van der Waals surface area contributed by atoms with Gasteiger partial charge in [0.2, 0.25) is 0 Å². The van der Waals surface area contributed by atoms with E-state index in [-0.39, 0.29) is 18.0 Å². The summed E-state index contributed by atoms with van der Waals surface area (Å²) in [6, 6.07) is 7.82. The minimum atomic E-state index is -0.278. The Hall–Kier alpha value is -1.06. The van der Waals surface area contributed by atoms with Gasteiger partial charge in [-0.3, -0.25) is 0 Å². The number of hydrogen-bond donors (Lipinski definition) is 0. The van der Waals surface area contributed by atoms with Crippen molar-refractivity contribution in [3.63, 3.8) is 0 Å². The van der Waals surface area contributed by atoms with Gasteiger partial charge in [-0.25, -0.2) is 0 Å². The molecular formula is C14H20O3. The molecule has 0 N–H and O–H groups in total. The third kappa shape index (κ3) is 2.99. The van der Waals surface area contributed by atoms with Crippen LogP contribution >= 0.6 is 0 Å². The molecule has 2 rings (SSSR count). The summed E-state index contributed by atoms with van der Waals surface area (Å²) in [7, 11) is 1.66. The lowest BCUT2D eigenvalue weighted by atomic mass is 9.99. The quantitative estimate of drug-likeness (QED) is 0.788. The van der Waals surface area contributed by atoms with Crippen molar-refractivity contribution in [3.8, 4) is 5.75 Å². The molecule has 3 nitrogen and oxygen atoms in total. The van der Waals surface area contributed by atoms with E-state index in [4.69, 9.17) is 14.2 Å². The number of ether oxygens (including phenoxy) is 3. The second kappa shape index (κ2) is 4.67. The van der Waals surface area contributed by atoms with Crippen LogP contribution in [-0.2, 0) is 9.47 Å². The lowest BCUT2D eigenvalue weighted by Gasteiger charge is -2.39. The first-order valence-electron chi connectivity index (χ1n) is 5.97. The molecular weight excluding hydrogens is 216 g/mol. The highest BCUT2D eigenvalue weighted by Crippen LogP contribution is 2.35. The molecule has 0 unspecified atom stereocenters. The van der Waals surface area contributed by atoms with E-state index in [2.05, 4.69) is 20.8 Å². The van der Waals surface area contributed by atoms with Crippen molar-refractivity contribution < 1.29 is 14.2 Å². The van der Waals surface area contributed by atoms with Crippen LogP contribution in [0, 0.1) is 0 Å². The first-order chi connectivity index (χ1) is 8.00. The number of methoxy groups -OCH3 is 1. The molecule has 1 fully saturated rings. The maximum Gasteiger partial charge on any atom is 0.184 e. The first-order valence-corrected chi connectivity index (χ1v) is 5.97. The Labute approximate surface area is 103 Å². The third-order valence-corrected chi connectivity index (χ3v) is 2.95. The Morgan fingerprint density at radius 2 is 1.88 bits per heavy atom. The SMILES string of the molecule is COc1ccc([C@@H]2O[C@H](C)CC(C)(C)O2)cc1. The Kier molecular flexibility index (Phi) is 3.40. The Morgan fingerprint density at radius 3 is 2.41 bits per heavy atom. The van der Waals surface area contributed by atoms with Gasteiger partial charge in [-0.05, 0) is 32.9 Å². The van der Waals surface area contributed by atoms with Crippen LogP contribution in [0.5, 0.6) is 5.75 Å². The van der Waals surface area contributed by atoms with E-state index in [1.54, 1.807) is 7.11 Å². The van der Waals surface area contributed by atoms with Gasteiger partial charge < -0.3 is 14.2 Å². The minimum absolute atomic E-state index is 0.137. The van der Waals surface area contributed by atoms with Crippen molar-refractivity contribution in [3.05, 3.63) is 29.8 Å². The molecule has 0 amide bonds. The van der Waals surface area contributed by atoms with Gasteiger partial charge in [-0.2, -0.15) is 0 Å². The molecule has 1 aliphatic heterocycles. The summed E-state index contributed by atoms with van der Waals surface area (Å²) in [5, 5.41) is 0. The molecule has 1 aromatic carbocycles. The number of benzene rings is 1. The van der Waals surface area contributed by atoms with E-state index < -0.39 is 0 Å². The van der Waals surface area contributed by atoms with E-state index in [1.165, 1.54) is 0 Å². The highest BCUT2D eigenvalue weighted by molar-refractivity contribution is 5.28. The molecule has 3 heteroatoms. The molecule has 17 heavy (non-hydrogen) atoms. The Bertz CT molecular complexity index is 370. The second-order valence-corrected chi connectivity index (χ2v) is 5.13. The molecule has 1 aliphatic rings. The molecule has 0 saturated carbocycles. The van der Waals surface area contributed by atoms with Gasteiger partial charge in [-0.1, -0.05) is 12.1 Å². The Morgan fingerprint density at radius 1 is 1.24 bits per heavy atom. The third-order valence-electron chi connectivity index (χ3n) is 2.95. The molecule has 0 aromatic heterocycles. The summed E-state index contributed by atoms with van der Waals surface area (Å²) in [6.45, 7) is 6.28. The molecule has 1 saturated heterocycles. The van der Waals surface area contributed by atoms with Crippen LogP contribution in [0.2, 0.25) is 0 Å². The summed E-state index contributed by atoms with van der Waals surface area (Å²) >= 11 is 0. The van der Waals surface area contributed by atoms with Crippen molar-refractivity contribution in [2.24, 2.45) is 0 Å². The van der Waals surface area contributed by atoms with E-state index >= 15 is 0 Å². The first kappa shape index (κ1) is 12.4. The standard InChI is InChI=1S/C14H20O3/c1-10-9-14(2,3)17-13(16-10)11-5-7-12(15-4)8-6-11/h5-8,10,13H,9H2,1-4H3/t10-,13-/m1/s1. The highest BCUT2D eigenvalue weighted by Gasteiger charge is 2.34. The van der Waals surface area contributed by atoms with Crippen molar-refractivity contribution >= 4 is 0 Å². The lowest BCUT2D eigenvalue weighted by molar-refractivity contribution is -0.273. The van der Waals surface area contributed by atoms with Gasteiger partial charge in [-0.15, -0.1) is 0 Å². The zero-order valence-electron chi connectivity index (χ0n) is 10.9. The van der Waals surface area contributed by atoms with Gasteiger partial charge in [0, 0.05) is 12.0 Å². The average molecular weight is 236 g/mol. The molecule has 1 heterocycles. The van der Waals surface area contributed by atoms with Crippen LogP contribution in [0.3, 0.4) is 0 Å². The molecule has 0 bridgehead atoms. The van der Waals surface area contributed by atoms with Gasteiger partial charge in [0.05, 0.1) is 18.8 Å². The largest absolute Gasteiger partial charge is 0.497 e. The molecule has 1 aromatic rings. The van der Waals surface area contributed by atoms with Gasteiger partial charge in [0.15, 0.2) is 6.29 Å². The summed E-state index contributed by atoms with van der Waals surface area (Å²) in [4.78, 5) is 0. The average Bonchev–Trinajstić information content (AvgIpc) is 2.26. The molecule has 0 radical (unpaired) electrons. The van der Waals surface area contributed by atoms with Crippen LogP contribution in [0.15, 0.2) is 24.3 Å². The van der Waals surface area contributed by atoms with Crippen molar-refractivity contribution in [2.75, 3.05) is 7.11 Å². The summed E-state index contributed by atoms with van der Waals surface area (Å²) in [5.74, 6) is 0.844. The van der Waals surface area contributed by atoms with Crippen molar-refractivity contribution in [2.45, 2.75) is 45.2 Å². The van der Waals surface area contributed by atoms with E-state index in [1.807, 2.05) is 24.3 Å². The lowest BCUT2D eigenvalue weighted by Crippen LogP contribution is -2.38. The Balaban J connectivity index is 2.15. The van der Waals surface area contributed by atoms with E-state index in [9.17, 15) is 0 Å². The molecule has 2 atom stereocenters. The monoisotopic (exact) mass is 236 g/mol. The fourth-order valence-corrected chi connectivity index (χ4v) is 2.22. The van der Waals surface area contributed by atoms with Crippen LogP contribution in [0.1, 0.15) is 39.0 Å². The maximum atomic E-state index is 5.94. The normalized spacial score (nSPS) is 27.8. The van der Waals surface area contributed by atoms with E-state index in [0.717, 1.165) is 17.7 Å². The van der Waals surface area contributed by atoms with Crippen molar-refractivity contribution in [1.29, 1.82) is 0 Å². The number of rotatable bonds is 2. The zero-order valence-corrected chi connectivity index (χ0v) is 10.9. The van der Waals surface area contributed by atoms with Gasteiger partial charge in [0.25, 0.3) is 0 Å². The van der Waals surface area contributed by atoms with Crippen LogP contribution in [0.4, 0.5) is 0 Å². The smallest absolute Gasteiger partial charge is 0.184 e. The summed E-state index contributed by atoms with van der Waals surface area (Å²) < 4.78 is 16.9. The predicted molar refractivity (Wildman–Crippen MR) is 66.1 cm³/mol. The molecule has 94 valence electrons. The fourth-order valence-electron chi connectivity index (χ4n) is 2.22. The summed E-state index contributed by atoms with van der Waals surface area (Å²) in [5.41, 5.74) is 0.896. The zero-order chi connectivity index (χ0) is 12.5. The van der Waals surface area contributed by atoms with E-state index in [0.29, 0.717) is 0 Å². The predicted octanol–water partition coefficient (Wildman–Crippen LogP) is 3.30. The number of hydrogen-bond acceptors (Lipinski definition) is 3. The second-order valence-electron chi connectivity index (χ2n) is 5.13. The minimum Gasteiger partial charge on any atom is -0.497 e. The van der Waals surface area contributed by atoms with Crippen LogP contribution in [0.25, 0.3) is 0 Å². The molecule has 0 spiro atoms.